The van der Waals surface area contributed by atoms with Gasteiger partial charge in [0.15, 0.2) is 5.82 Å². The molecule has 0 aromatic carbocycles. The Bertz CT molecular complexity index is 537. The second-order valence-electron chi connectivity index (χ2n) is 6.41. The number of piperidine rings is 1. The first-order valence-corrected chi connectivity index (χ1v) is 8.13. The quantitative estimate of drug-likeness (QED) is 0.827. The molecule has 2 unspecified atom stereocenters. The van der Waals surface area contributed by atoms with Gasteiger partial charge in [0, 0.05) is 19.5 Å². The van der Waals surface area contributed by atoms with Gasteiger partial charge < -0.3 is 20.1 Å². The lowest BCUT2D eigenvalue weighted by atomic mass is 9.85. The van der Waals surface area contributed by atoms with Crippen LogP contribution in [0, 0.1) is 18.8 Å². The zero-order valence-corrected chi connectivity index (χ0v) is 14.1. The number of nitrogens with zero attached hydrogens (tertiary/aromatic N) is 2. The van der Waals surface area contributed by atoms with Crippen molar-refractivity contribution in [3.63, 3.8) is 0 Å². The highest BCUT2D eigenvalue weighted by molar-refractivity contribution is 5.93. The molecule has 0 bridgehead atoms. The van der Waals surface area contributed by atoms with Gasteiger partial charge in [-0.1, -0.05) is 12.1 Å². The van der Waals surface area contributed by atoms with Crippen molar-refractivity contribution in [1.29, 1.82) is 0 Å². The summed E-state index contributed by atoms with van der Waals surface area (Å²) in [5.74, 6) is 1.57. The smallest absolute Gasteiger partial charge is 0.245 e. The number of carbonyl (C=O) groups is 2. The molecule has 7 nitrogen and oxygen atoms in total. The molecule has 2 heterocycles. The summed E-state index contributed by atoms with van der Waals surface area (Å²) in [5, 5.41) is 9.69. The summed E-state index contributed by atoms with van der Waals surface area (Å²) in [5.41, 5.74) is 0. The number of hydrogen-bond donors (Lipinski definition) is 2. The first-order valence-electron chi connectivity index (χ1n) is 8.13. The largest absolute Gasteiger partial charge is 0.360 e. The van der Waals surface area contributed by atoms with Crippen molar-refractivity contribution in [3.8, 4) is 0 Å². The van der Waals surface area contributed by atoms with E-state index in [0.717, 1.165) is 19.5 Å². The normalized spacial score (nSPS) is 19.2. The third-order valence-corrected chi connectivity index (χ3v) is 4.34. The van der Waals surface area contributed by atoms with Gasteiger partial charge in [0.1, 0.15) is 5.76 Å². The lowest BCUT2D eigenvalue weighted by Crippen LogP contribution is -2.38. The molecule has 1 saturated heterocycles. The number of likely N-dealkylation sites (N-methyl/N-ethyl adjacent to an activating group) is 1. The lowest BCUT2D eigenvalue weighted by molar-refractivity contribution is -0.134. The number of nitrogens with one attached hydrogen (secondary N) is 2. The summed E-state index contributed by atoms with van der Waals surface area (Å²) in [4.78, 5) is 25.7. The number of amides is 2. The Morgan fingerprint density at radius 1 is 1.57 bits per heavy atom. The van der Waals surface area contributed by atoms with Gasteiger partial charge in [-0.3, -0.25) is 9.59 Å². The highest BCUT2D eigenvalue weighted by atomic mass is 16.5. The number of aromatic nitrogens is 1. The zero-order valence-electron chi connectivity index (χ0n) is 14.1. The van der Waals surface area contributed by atoms with Crippen LogP contribution < -0.4 is 10.6 Å². The van der Waals surface area contributed by atoms with E-state index < -0.39 is 0 Å². The molecule has 0 spiro atoms. The first kappa shape index (κ1) is 17.5. The van der Waals surface area contributed by atoms with E-state index >= 15 is 0 Å². The molecule has 1 aliphatic rings. The van der Waals surface area contributed by atoms with Crippen LogP contribution in [0.3, 0.4) is 0 Å². The number of aryl methyl sites for hydroxylation is 1. The van der Waals surface area contributed by atoms with E-state index in [2.05, 4.69) is 22.7 Å². The summed E-state index contributed by atoms with van der Waals surface area (Å²) in [6, 6.07) is 1.64. The van der Waals surface area contributed by atoms with Crippen molar-refractivity contribution in [2.24, 2.45) is 11.8 Å². The molecule has 2 rings (SSSR count). The monoisotopic (exact) mass is 322 g/mol. The van der Waals surface area contributed by atoms with Crippen molar-refractivity contribution < 1.29 is 14.1 Å². The maximum atomic E-state index is 12.3. The molecular formula is C16H26N4O3. The summed E-state index contributed by atoms with van der Waals surface area (Å²) >= 11 is 0. The molecule has 0 aliphatic carbocycles. The van der Waals surface area contributed by atoms with Crippen LogP contribution in [0.15, 0.2) is 10.6 Å². The van der Waals surface area contributed by atoms with Crippen molar-refractivity contribution in [2.45, 2.75) is 33.1 Å². The Balaban J connectivity index is 1.76. The van der Waals surface area contributed by atoms with Gasteiger partial charge in [0.25, 0.3) is 0 Å². The predicted molar refractivity (Wildman–Crippen MR) is 86.9 cm³/mol. The van der Waals surface area contributed by atoms with E-state index in [1.165, 1.54) is 11.3 Å². The summed E-state index contributed by atoms with van der Waals surface area (Å²) in [6.45, 7) is 5.92. The second kappa shape index (κ2) is 8.10. The lowest BCUT2D eigenvalue weighted by Gasteiger charge is -2.29. The van der Waals surface area contributed by atoms with Crippen LogP contribution in [0.1, 0.15) is 31.9 Å². The molecule has 23 heavy (non-hydrogen) atoms. The van der Waals surface area contributed by atoms with Crippen LogP contribution in [0.5, 0.6) is 0 Å². The average molecular weight is 322 g/mol. The molecule has 128 valence electrons. The fraction of sp³-hybridized carbons (Fsp3) is 0.688. The van der Waals surface area contributed by atoms with Gasteiger partial charge in [-0.05, 0) is 44.7 Å². The summed E-state index contributed by atoms with van der Waals surface area (Å²) < 4.78 is 4.89. The highest BCUT2D eigenvalue weighted by Gasteiger charge is 2.24. The van der Waals surface area contributed by atoms with Crippen molar-refractivity contribution >= 4 is 17.6 Å². The predicted octanol–water partition coefficient (Wildman–Crippen LogP) is 1.41. The first-order chi connectivity index (χ1) is 11.0. The van der Waals surface area contributed by atoms with Crippen LogP contribution in [-0.2, 0) is 9.59 Å². The third kappa shape index (κ3) is 5.35. The fourth-order valence-corrected chi connectivity index (χ4v) is 2.87. The molecular weight excluding hydrogens is 296 g/mol. The third-order valence-electron chi connectivity index (χ3n) is 4.34. The molecule has 1 aliphatic heterocycles. The maximum Gasteiger partial charge on any atom is 0.245 e. The number of anilines is 1. The molecule has 0 radical (unpaired) electrons. The second-order valence-corrected chi connectivity index (χ2v) is 6.41. The molecule has 7 heteroatoms. The Kier molecular flexibility index (Phi) is 6.15. The minimum atomic E-state index is -0.277. The zero-order chi connectivity index (χ0) is 16.8. The van der Waals surface area contributed by atoms with Gasteiger partial charge in [-0.15, -0.1) is 0 Å². The van der Waals surface area contributed by atoms with Crippen molar-refractivity contribution in [1.82, 2.24) is 15.4 Å². The Hall–Kier alpha value is -1.89. The Labute approximate surface area is 136 Å². The molecule has 1 aromatic rings. The minimum absolute atomic E-state index is 0.00504. The van der Waals surface area contributed by atoms with Crippen LogP contribution in [0.25, 0.3) is 0 Å². The number of rotatable bonds is 6. The van der Waals surface area contributed by atoms with Gasteiger partial charge in [0.05, 0.1) is 6.54 Å². The van der Waals surface area contributed by atoms with Crippen LogP contribution >= 0.6 is 0 Å². The molecule has 2 atom stereocenters. The van der Waals surface area contributed by atoms with Gasteiger partial charge in [-0.25, -0.2) is 0 Å². The Morgan fingerprint density at radius 3 is 2.96 bits per heavy atom. The molecule has 1 aromatic heterocycles. The molecule has 2 amide bonds. The average Bonchev–Trinajstić information content (AvgIpc) is 2.92. The van der Waals surface area contributed by atoms with Gasteiger partial charge >= 0.3 is 0 Å². The Morgan fingerprint density at radius 2 is 2.35 bits per heavy atom. The highest BCUT2D eigenvalue weighted by Crippen LogP contribution is 2.23. The number of carbonyl (C=O) groups excluding carboxylic acids is 2. The maximum absolute atomic E-state index is 12.3. The van der Waals surface area contributed by atoms with Gasteiger partial charge in [-0.2, -0.15) is 0 Å². The van der Waals surface area contributed by atoms with E-state index in [9.17, 15) is 9.59 Å². The van der Waals surface area contributed by atoms with E-state index in [1.807, 2.05) is 0 Å². The van der Waals surface area contributed by atoms with E-state index in [4.69, 9.17) is 4.52 Å². The van der Waals surface area contributed by atoms with E-state index in [0.29, 0.717) is 29.8 Å². The molecule has 1 fully saturated rings. The minimum Gasteiger partial charge on any atom is -0.360 e. The molecule has 0 saturated carbocycles. The van der Waals surface area contributed by atoms with Crippen molar-refractivity contribution in [3.05, 3.63) is 11.8 Å². The fourth-order valence-electron chi connectivity index (χ4n) is 2.87. The SMILES string of the molecule is Cc1cc(NC(=O)CN(C)C(=O)CC(C)C2CCCNC2)no1. The van der Waals surface area contributed by atoms with E-state index in [1.54, 1.807) is 20.0 Å². The van der Waals surface area contributed by atoms with Crippen LogP contribution in [0.4, 0.5) is 5.82 Å². The molecule has 2 N–H and O–H groups in total. The summed E-state index contributed by atoms with van der Waals surface area (Å²) in [7, 11) is 1.65. The van der Waals surface area contributed by atoms with E-state index in [-0.39, 0.29) is 18.4 Å². The summed E-state index contributed by atoms with van der Waals surface area (Å²) in [6.07, 6.45) is 2.80. The standard InChI is InChI=1S/C16H26N4O3/c1-11(13-5-4-6-17-9-13)7-16(22)20(3)10-15(21)18-14-8-12(2)23-19-14/h8,11,13,17H,4-7,9-10H2,1-3H3,(H,18,19,21). The van der Waals surface area contributed by atoms with Crippen LogP contribution in [0.2, 0.25) is 0 Å². The van der Waals surface area contributed by atoms with Crippen molar-refractivity contribution in [2.75, 3.05) is 32.0 Å². The topological polar surface area (TPSA) is 87.5 Å². The van der Waals surface area contributed by atoms with Crippen LogP contribution in [-0.4, -0.2) is 48.6 Å². The number of hydrogen-bond acceptors (Lipinski definition) is 5. The van der Waals surface area contributed by atoms with Gasteiger partial charge in [0.2, 0.25) is 11.8 Å².